The van der Waals surface area contributed by atoms with Crippen molar-refractivity contribution in [3.8, 4) is 0 Å². The molecule has 1 fully saturated rings. The normalized spacial score (nSPS) is 18.3. The molecule has 0 aliphatic carbocycles. The third kappa shape index (κ3) is 2.70. The van der Waals surface area contributed by atoms with Crippen LogP contribution in [-0.4, -0.2) is 28.8 Å². The van der Waals surface area contributed by atoms with Crippen molar-refractivity contribution in [3.05, 3.63) is 32.8 Å². The van der Waals surface area contributed by atoms with Gasteiger partial charge in [-0.25, -0.2) is 0 Å². The summed E-state index contributed by atoms with van der Waals surface area (Å²) in [6.45, 7) is 3.45. The molecule has 108 valence electrons. The second kappa shape index (κ2) is 5.66. The number of rotatable bonds is 3. The van der Waals surface area contributed by atoms with Gasteiger partial charge in [0.15, 0.2) is 0 Å². The largest absolute Gasteiger partial charge is 0.392 e. The third-order valence-corrected chi connectivity index (χ3v) is 4.01. The molecular weight excluding hydrogens is 282 g/mol. The molecule has 20 heavy (non-hydrogen) atoms. The van der Waals surface area contributed by atoms with Gasteiger partial charge in [-0.3, -0.25) is 14.9 Å². The zero-order valence-electron chi connectivity index (χ0n) is 11.1. The lowest BCUT2D eigenvalue weighted by molar-refractivity contribution is -0.383. The first-order chi connectivity index (χ1) is 9.43. The molecule has 0 saturated carbocycles. The lowest BCUT2D eigenvalue weighted by Crippen LogP contribution is -2.28. The highest BCUT2D eigenvalue weighted by atomic mass is 35.5. The third-order valence-electron chi connectivity index (χ3n) is 3.70. The number of halogens is 1. The predicted octanol–water partition coefficient (Wildman–Crippen LogP) is 2.70. The van der Waals surface area contributed by atoms with E-state index in [2.05, 4.69) is 6.92 Å². The summed E-state index contributed by atoms with van der Waals surface area (Å²) in [7, 11) is 0. The average molecular weight is 298 g/mol. The van der Waals surface area contributed by atoms with Crippen molar-refractivity contribution in [2.45, 2.75) is 19.8 Å². The second-order valence-electron chi connectivity index (χ2n) is 4.96. The summed E-state index contributed by atoms with van der Waals surface area (Å²) >= 11 is 5.87. The van der Waals surface area contributed by atoms with Crippen LogP contribution in [0.1, 0.15) is 30.1 Å². The number of nitro groups is 1. The maximum atomic E-state index is 12.4. The first kappa shape index (κ1) is 14.6. The summed E-state index contributed by atoms with van der Waals surface area (Å²) in [5.41, 5.74) is 5.33. The highest BCUT2D eigenvalue weighted by Crippen LogP contribution is 2.32. The Labute approximate surface area is 121 Å². The van der Waals surface area contributed by atoms with Gasteiger partial charge < -0.3 is 10.6 Å². The number of hydrogen-bond donors (Lipinski definition) is 1. The van der Waals surface area contributed by atoms with Crippen LogP contribution in [0.5, 0.6) is 0 Å². The number of amides is 1. The van der Waals surface area contributed by atoms with E-state index >= 15 is 0 Å². The van der Waals surface area contributed by atoms with Gasteiger partial charge in [0, 0.05) is 24.7 Å². The average Bonchev–Trinajstić information content (AvgIpc) is 2.89. The smallest absolute Gasteiger partial charge is 0.294 e. The van der Waals surface area contributed by atoms with Gasteiger partial charge in [0.25, 0.3) is 11.6 Å². The molecule has 1 unspecified atom stereocenters. The van der Waals surface area contributed by atoms with Crippen molar-refractivity contribution in [2.75, 3.05) is 18.8 Å². The molecule has 0 bridgehead atoms. The van der Waals surface area contributed by atoms with Crippen LogP contribution in [0.25, 0.3) is 0 Å². The summed E-state index contributed by atoms with van der Waals surface area (Å²) in [6.07, 6.45) is 1.99. The van der Waals surface area contributed by atoms with Crippen molar-refractivity contribution in [1.29, 1.82) is 0 Å². The van der Waals surface area contributed by atoms with Crippen LogP contribution >= 0.6 is 11.6 Å². The Morgan fingerprint density at radius 2 is 2.30 bits per heavy atom. The van der Waals surface area contributed by atoms with E-state index in [1.807, 2.05) is 0 Å². The van der Waals surface area contributed by atoms with Crippen molar-refractivity contribution < 1.29 is 9.72 Å². The summed E-state index contributed by atoms with van der Waals surface area (Å²) in [6, 6.07) is 2.59. The lowest BCUT2D eigenvalue weighted by atomic mass is 10.1. The van der Waals surface area contributed by atoms with Gasteiger partial charge in [-0.05, 0) is 18.4 Å². The Balaban J connectivity index is 2.29. The van der Waals surface area contributed by atoms with Gasteiger partial charge in [-0.2, -0.15) is 0 Å². The van der Waals surface area contributed by atoms with Crippen LogP contribution in [-0.2, 0) is 0 Å². The van der Waals surface area contributed by atoms with Gasteiger partial charge in [0.2, 0.25) is 0 Å². The van der Waals surface area contributed by atoms with E-state index in [1.165, 1.54) is 12.1 Å². The number of carbonyl (C=O) groups is 1. The molecule has 7 heteroatoms. The van der Waals surface area contributed by atoms with Crippen molar-refractivity contribution in [2.24, 2.45) is 5.92 Å². The molecule has 6 nitrogen and oxygen atoms in total. The number of nitrogen functional groups attached to an aromatic ring is 1. The molecule has 1 amide bonds. The first-order valence-electron chi connectivity index (χ1n) is 6.46. The maximum absolute atomic E-state index is 12.4. The van der Waals surface area contributed by atoms with E-state index in [4.69, 9.17) is 17.3 Å². The topological polar surface area (TPSA) is 89.5 Å². The fourth-order valence-corrected chi connectivity index (χ4v) is 2.63. The minimum atomic E-state index is -0.628. The molecule has 0 radical (unpaired) electrons. The fourth-order valence-electron chi connectivity index (χ4n) is 2.41. The molecule has 1 saturated heterocycles. The molecule has 2 N–H and O–H groups in total. The number of nitrogens with two attached hydrogens (primary N) is 1. The molecule has 0 spiro atoms. The van der Waals surface area contributed by atoms with Crippen LogP contribution in [0.4, 0.5) is 11.4 Å². The zero-order chi connectivity index (χ0) is 14.9. The Bertz CT molecular complexity index is 562. The summed E-state index contributed by atoms with van der Waals surface area (Å²) < 4.78 is 0. The number of nitro benzene ring substituents is 1. The van der Waals surface area contributed by atoms with Gasteiger partial charge in [0.1, 0.15) is 5.69 Å². The fraction of sp³-hybridized carbons (Fsp3) is 0.462. The van der Waals surface area contributed by atoms with Crippen LogP contribution in [0.2, 0.25) is 5.02 Å². The predicted molar refractivity (Wildman–Crippen MR) is 76.8 cm³/mol. The number of likely N-dealkylation sites (tertiary alicyclic amines) is 1. The van der Waals surface area contributed by atoms with Crippen molar-refractivity contribution in [3.63, 3.8) is 0 Å². The Hall–Kier alpha value is -1.82. The van der Waals surface area contributed by atoms with Gasteiger partial charge in [-0.1, -0.05) is 24.9 Å². The molecule has 1 aromatic carbocycles. The quantitative estimate of drug-likeness (QED) is 0.527. The van der Waals surface area contributed by atoms with E-state index < -0.39 is 4.92 Å². The van der Waals surface area contributed by atoms with E-state index in [9.17, 15) is 14.9 Å². The van der Waals surface area contributed by atoms with Crippen LogP contribution in [0, 0.1) is 16.0 Å². The summed E-state index contributed by atoms with van der Waals surface area (Å²) in [5.74, 6) is 0.268. The molecule has 1 atom stereocenters. The molecule has 0 aromatic heterocycles. The van der Waals surface area contributed by atoms with Crippen LogP contribution in [0.3, 0.4) is 0 Å². The monoisotopic (exact) mass is 297 g/mol. The molecule has 2 rings (SSSR count). The number of benzene rings is 1. The lowest BCUT2D eigenvalue weighted by Gasteiger charge is -2.16. The van der Waals surface area contributed by atoms with Gasteiger partial charge in [0.05, 0.1) is 9.95 Å². The number of anilines is 1. The van der Waals surface area contributed by atoms with E-state index in [-0.39, 0.29) is 27.9 Å². The molecule has 1 heterocycles. The number of nitrogens with zero attached hydrogens (tertiary/aromatic N) is 2. The molecule has 1 aliphatic heterocycles. The Morgan fingerprint density at radius 1 is 1.60 bits per heavy atom. The second-order valence-corrected chi connectivity index (χ2v) is 5.37. The first-order valence-corrected chi connectivity index (χ1v) is 6.84. The zero-order valence-corrected chi connectivity index (χ0v) is 11.9. The van der Waals surface area contributed by atoms with Gasteiger partial charge >= 0.3 is 0 Å². The van der Waals surface area contributed by atoms with E-state index in [0.717, 1.165) is 12.8 Å². The highest BCUT2D eigenvalue weighted by Gasteiger charge is 2.28. The summed E-state index contributed by atoms with van der Waals surface area (Å²) in [4.78, 5) is 24.3. The SMILES string of the molecule is CCC1CCN(C(=O)c2cc(Cl)c(N)c([N+](=O)[O-])c2)C1. The molecule has 1 aliphatic rings. The maximum Gasteiger partial charge on any atom is 0.294 e. The number of hydrogen-bond acceptors (Lipinski definition) is 4. The van der Waals surface area contributed by atoms with Crippen molar-refractivity contribution in [1.82, 2.24) is 4.90 Å². The standard InChI is InChI=1S/C13H16ClN3O3/c1-2-8-3-4-16(7-8)13(18)9-5-10(14)12(15)11(6-9)17(19)20/h5-6,8H,2-4,7,15H2,1H3. The number of carbonyl (C=O) groups excluding carboxylic acids is 1. The van der Waals surface area contributed by atoms with Crippen LogP contribution < -0.4 is 5.73 Å². The minimum Gasteiger partial charge on any atom is -0.392 e. The molecular formula is C13H16ClN3O3. The highest BCUT2D eigenvalue weighted by molar-refractivity contribution is 6.34. The Kier molecular flexibility index (Phi) is 4.13. The van der Waals surface area contributed by atoms with Crippen LogP contribution in [0.15, 0.2) is 12.1 Å². The summed E-state index contributed by atoms with van der Waals surface area (Å²) in [5, 5.41) is 10.9. The Morgan fingerprint density at radius 3 is 2.85 bits per heavy atom. The van der Waals surface area contributed by atoms with E-state index in [1.54, 1.807) is 4.90 Å². The van der Waals surface area contributed by atoms with Gasteiger partial charge in [-0.15, -0.1) is 0 Å². The minimum absolute atomic E-state index is 0.0359. The van der Waals surface area contributed by atoms with Crippen molar-refractivity contribution >= 4 is 28.9 Å². The molecule has 1 aromatic rings. The van der Waals surface area contributed by atoms with E-state index in [0.29, 0.717) is 19.0 Å².